The number of rotatable bonds is 4. The van der Waals surface area contributed by atoms with Gasteiger partial charge in [0.25, 0.3) is 5.91 Å². The van der Waals surface area contributed by atoms with Crippen LogP contribution in [0.2, 0.25) is 0 Å². The van der Waals surface area contributed by atoms with E-state index in [0.717, 1.165) is 16.9 Å². The van der Waals surface area contributed by atoms with Crippen molar-refractivity contribution in [3.8, 4) is 0 Å². The lowest BCUT2D eigenvalue weighted by Crippen LogP contribution is -2.13. The fourth-order valence-electron chi connectivity index (χ4n) is 2.29. The van der Waals surface area contributed by atoms with Crippen LogP contribution < -0.4 is 10.2 Å². The molecule has 0 aromatic heterocycles. The number of Topliss-reactive ketones (excluding diaryl/α,β-unsaturated/α-hetero) is 1. The van der Waals surface area contributed by atoms with Gasteiger partial charge in [-0.15, -0.1) is 0 Å². The summed E-state index contributed by atoms with van der Waals surface area (Å²) in [7, 11) is 3.97. The Morgan fingerprint density at radius 2 is 1.55 bits per heavy atom. The van der Waals surface area contributed by atoms with E-state index in [9.17, 15) is 9.59 Å². The largest absolute Gasteiger partial charge is 0.377 e. The summed E-state index contributed by atoms with van der Waals surface area (Å²) in [4.78, 5) is 25.5. The van der Waals surface area contributed by atoms with Crippen molar-refractivity contribution in [2.24, 2.45) is 0 Å². The van der Waals surface area contributed by atoms with E-state index in [1.54, 1.807) is 24.3 Å². The highest BCUT2D eigenvalue weighted by Crippen LogP contribution is 2.22. The molecule has 0 heterocycles. The Morgan fingerprint density at radius 3 is 2.05 bits per heavy atom. The van der Waals surface area contributed by atoms with Crippen LogP contribution in [0, 0.1) is 6.92 Å². The zero-order valence-electron chi connectivity index (χ0n) is 13.3. The standard InChI is InChI=1S/C18H20N2O2/c1-12-11-16(9-10-17(12)20(3)4)19-18(22)15-7-5-14(6-8-15)13(2)21/h5-11H,1-4H3,(H,19,22). The van der Waals surface area contributed by atoms with Gasteiger partial charge in [0.05, 0.1) is 0 Å². The fourth-order valence-corrected chi connectivity index (χ4v) is 2.29. The molecule has 4 nitrogen and oxygen atoms in total. The lowest BCUT2D eigenvalue weighted by atomic mass is 10.1. The lowest BCUT2D eigenvalue weighted by molar-refractivity contribution is 0.101. The SMILES string of the molecule is CC(=O)c1ccc(C(=O)Nc2ccc(N(C)C)c(C)c2)cc1. The average molecular weight is 296 g/mol. The molecule has 1 amide bonds. The summed E-state index contributed by atoms with van der Waals surface area (Å²) in [6.07, 6.45) is 0. The van der Waals surface area contributed by atoms with Gasteiger partial charge >= 0.3 is 0 Å². The molecule has 0 saturated heterocycles. The third-order valence-corrected chi connectivity index (χ3v) is 3.49. The predicted molar refractivity (Wildman–Crippen MR) is 89.9 cm³/mol. The smallest absolute Gasteiger partial charge is 0.255 e. The van der Waals surface area contributed by atoms with E-state index in [0.29, 0.717) is 11.1 Å². The number of carbonyl (C=O) groups is 2. The topological polar surface area (TPSA) is 49.4 Å². The Labute approximate surface area is 130 Å². The summed E-state index contributed by atoms with van der Waals surface area (Å²) < 4.78 is 0. The third-order valence-electron chi connectivity index (χ3n) is 3.49. The quantitative estimate of drug-likeness (QED) is 0.878. The summed E-state index contributed by atoms with van der Waals surface area (Å²) in [5, 5.41) is 2.87. The zero-order chi connectivity index (χ0) is 16.3. The van der Waals surface area contributed by atoms with Crippen molar-refractivity contribution in [3.05, 3.63) is 59.2 Å². The van der Waals surface area contributed by atoms with Gasteiger partial charge < -0.3 is 10.2 Å². The maximum absolute atomic E-state index is 12.2. The number of amides is 1. The first kappa shape index (κ1) is 15.8. The maximum atomic E-state index is 12.2. The van der Waals surface area contributed by atoms with Crippen molar-refractivity contribution in [1.29, 1.82) is 0 Å². The van der Waals surface area contributed by atoms with Gasteiger partial charge in [0, 0.05) is 36.6 Å². The number of ketones is 1. The highest BCUT2D eigenvalue weighted by molar-refractivity contribution is 6.05. The van der Waals surface area contributed by atoms with Crippen LogP contribution in [0.15, 0.2) is 42.5 Å². The lowest BCUT2D eigenvalue weighted by Gasteiger charge is -2.16. The molecule has 2 aromatic rings. The molecule has 114 valence electrons. The molecule has 0 bridgehead atoms. The van der Waals surface area contributed by atoms with E-state index in [1.165, 1.54) is 6.92 Å². The highest BCUT2D eigenvalue weighted by Gasteiger charge is 2.08. The highest BCUT2D eigenvalue weighted by atomic mass is 16.1. The molecule has 0 aliphatic heterocycles. The molecule has 4 heteroatoms. The van der Waals surface area contributed by atoms with E-state index in [1.807, 2.05) is 44.1 Å². The molecule has 1 N–H and O–H groups in total. The average Bonchev–Trinajstić information content (AvgIpc) is 2.47. The Balaban J connectivity index is 2.15. The van der Waals surface area contributed by atoms with Crippen LogP contribution in [-0.4, -0.2) is 25.8 Å². The van der Waals surface area contributed by atoms with Crippen LogP contribution >= 0.6 is 0 Å². The number of hydrogen-bond acceptors (Lipinski definition) is 3. The summed E-state index contributed by atoms with van der Waals surface area (Å²) in [5.74, 6) is -0.200. The van der Waals surface area contributed by atoms with E-state index in [4.69, 9.17) is 0 Å². The first-order valence-electron chi connectivity index (χ1n) is 7.09. The molecule has 0 fully saturated rings. The van der Waals surface area contributed by atoms with Crippen molar-refractivity contribution < 1.29 is 9.59 Å². The minimum absolute atomic E-state index is 0.0122. The second-order valence-corrected chi connectivity index (χ2v) is 5.48. The van der Waals surface area contributed by atoms with Crippen LogP contribution in [0.3, 0.4) is 0 Å². The van der Waals surface area contributed by atoms with Gasteiger partial charge in [-0.05, 0) is 49.7 Å². The molecule has 2 rings (SSSR count). The van der Waals surface area contributed by atoms with Crippen LogP contribution in [0.4, 0.5) is 11.4 Å². The van der Waals surface area contributed by atoms with E-state index in [-0.39, 0.29) is 11.7 Å². The minimum Gasteiger partial charge on any atom is -0.377 e. The van der Waals surface area contributed by atoms with Gasteiger partial charge in [0.1, 0.15) is 0 Å². The molecular formula is C18H20N2O2. The predicted octanol–water partition coefficient (Wildman–Crippen LogP) is 3.52. The van der Waals surface area contributed by atoms with Gasteiger partial charge in [0.15, 0.2) is 5.78 Å². The van der Waals surface area contributed by atoms with Gasteiger partial charge in [-0.3, -0.25) is 9.59 Å². The zero-order valence-corrected chi connectivity index (χ0v) is 13.3. The van der Waals surface area contributed by atoms with Gasteiger partial charge in [-0.25, -0.2) is 0 Å². The van der Waals surface area contributed by atoms with Gasteiger partial charge in [0.2, 0.25) is 0 Å². The Kier molecular flexibility index (Phi) is 4.61. The normalized spacial score (nSPS) is 10.2. The number of anilines is 2. The van der Waals surface area contributed by atoms with Crippen molar-refractivity contribution in [3.63, 3.8) is 0 Å². The molecule has 0 unspecified atom stereocenters. The van der Waals surface area contributed by atoms with Gasteiger partial charge in [-0.2, -0.15) is 0 Å². The molecule has 0 aliphatic carbocycles. The van der Waals surface area contributed by atoms with E-state index >= 15 is 0 Å². The van der Waals surface area contributed by atoms with Crippen molar-refractivity contribution in [2.75, 3.05) is 24.3 Å². The minimum atomic E-state index is -0.188. The van der Waals surface area contributed by atoms with E-state index in [2.05, 4.69) is 5.32 Å². The van der Waals surface area contributed by atoms with Crippen LogP contribution in [-0.2, 0) is 0 Å². The maximum Gasteiger partial charge on any atom is 0.255 e. The number of nitrogens with zero attached hydrogens (tertiary/aromatic N) is 1. The Hall–Kier alpha value is -2.62. The van der Waals surface area contributed by atoms with Crippen LogP contribution in [0.1, 0.15) is 33.2 Å². The number of hydrogen-bond donors (Lipinski definition) is 1. The molecule has 0 saturated carbocycles. The number of aryl methyl sites for hydroxylation is 1. The molecule has 0 atom stereocenters. The summed E-state index contributed by atoms with van der Waals surface area (Å²) in [5.41, 5.74) is 4.09. The number of nitrogens with one attached hydrogen (secondary N) is 1. The molecule has 22 heavy (non-hydrogen) atoms. The molecular weight excluding hydrogens is 276 g/mol. The molecule has 0 aliphatic rings. The Bertz CT molecular complexity index is 704. The third kappa shape index (κ3) is 3.52. The molecule has 0 radical (unpaired) electrons. The fraction of sp³-hybridized carbons (Fsp3) is 0.222. The summed E-state index contributed by atoms with van der Waals surface area (Å²) in [6, 6.07) is 12.4. The molecule has 0 spiro atoms. The first-order valence-corrected chi connectivity index (χ1v) is 7.09. The van der Waals surface area contributed by atoms with Crippen molar-refractivity contribution in [2.45, 2.75) is 13.8 Å². The monoisotopic (exact) mass is 296 g/mol. The van der Waals surface area contributed by atoms with Crippen LogP contribution in [0.5, 0.6) is 0 Å². The number of benzene rings is 2. The first-order chi connectivity index (χ1) is 10.4. The summed E-state index contributed by atoms with van der Waals surface area (Å²) in [6.45, 7) is 3.51. The van der Waals surface area contributed by atoms with Gasteiger partial charge in [-0.1, -0.05) is 12.1 Å². The second-order valence-electron chi connectivity index (χ2n) is 5.48. The number of carbonyl (C=O) groups excluding carboxylic acids is 2. The van der Waals surface area contributed by atoms with Crippen LogP contribution in [0.25, 0.3) is 0 Å². The van der Waals surface area contributed by atoms with Crippen molar-refractivity contribution in [1.82, 2.24) is 0 Å². The summed E-state index contributed by atoms with van der Waals surface area (Å²) >= 11 is 0. The Morgan fingerprint density at radius 1 is 0.955 bits per heavy atom. The van der Waals surface area contributed by atoms with E-state index < -0.39 is 0 Å². The second kappa shape index (κ2) is 6.43. The molecule has 2 aromatic carbocycles. The van der Waals surface area contributed by atoms with Crippen molar-refractivity contribution >= 4 is 23.1 Å².